The molecule has 3 aromatic carbocycles. The molecule has 4 nitrogen and oxygen atoms in total. The van der Waals surface area contributed by atoms with Crippen molar-refractivity contribution in [2.75, 3.05) is 12.3 Å². The Morgan fingerprint density at radius 2 is 1.72 bits per heavy atom. The van der Waals surface area contributed by atoms with Gasteiger partial charge in [0.1, 0.15) is 6.04 Å². The molecule has 0 unspecified atom stereocenters. The van der Waals surface area contributed by atoms with Gasteiger partial charge in [-0.2, -0.15) is 0 Å². The average Bonchev–Trinajstić information content (AvgIpc) is 2.87. The largest absolute Gasteiger partial charge is 0.354 e. The first-order valence-corrected chi connectivity index (χ1v) is 13.9. The Kier molecular flexibility index (Phi) is 11.2. The highest BCUT2D eigenvalue weighted by atomic mass is 35.5. The summed E-state index contributed by atoms with van der Waals surface area (Å²) in [7, 11) is 0. The molecule has 0 heterocycles. The first-order chi connectivity index (χ1) is 17.4. The third-order valence-corrected chi connectivity index (χ3v) is 7.42. The maximum Gasteiger partial charge on any atom is 0.243 e. The predicted octanol–water partition coefficient (Wildman–Crippen LogP) is 6.95. The third kappa shape index (κ3) is 8.58. The van der Waals surface area contributed by atoms with E-state index in [0.717, 1.165) is 34.4 Å². The monoisotopic (exact) mass is 542 g/mol. The van der Waals surface area contributed by atoms with Crippen LogP contribution in [0.4, 0.5) is 0 Å². The van der Waals surface area contributed by atoms with Gasteiger partial charge in [-0.3, -0.25) is 9.59 Å². The Morgan fingerprint density at radius 1 is 1.00 bits per heavy atom. The summed E-state index contributed by atoms with van der Waals surface area (Å²) < 4.78 is 0. The molecule has 1 N–H and O–H groups in total. The number of carbonyl (C=O) groups excluding carboxylic acids is 2. The normalized spacial score (nSPS) is 11.7. The topological polar surface area (TPSA) is 49.4 Å². The van der Waals surface area contributed by atoms with Gasteiger partial charge in [0.15, 0.2) is 0 Å². The number of amides is 2. The van der Waals surface area contributed by atoms with Gasteiger partial charge in [0.05, 0.1) is 5.75 Å². The SMILES string of the molecule is CCCCNC(=O)[C@@H](Cc1ccccc1)N(Cc1ccc(Cl)cc1Cl)C(=O)CSc1ccc(C)cc1. The lowest BCUT2D eigenvalue weighted by molar-refractivity contribution is -0.139. The lowest BCUT2D eigenvalue weighted by Gasteiger charge is -2.32. The van der Waals surface area contributed by atoms with Crippen LogP contribution < -0.4 is 5.32 Å². The second kappa shape index (κ2) is 14.3. The second-order valence-corrected chi connectivity index (χ2v) is 10.6. The molecular weight excluding hydrogens is 511 g/mol. The summed E-state index contributed by atoms with van der Waals surface area (Å²) in [6.07, 6.45) is 2.26. The lowest BCUT2D eigenvalue weighted by atomic mass is 10.0. The maximum absolute atomic E-state index is 13.7. The summed E-state index contributed by atoms with van der Waals surface area (Å²) in [6.45, 7) is 4.89. The summed E-state index contributed by atoms with van der Waals surface area (Å²) in [5, 5.41) is 4.03. The minimum absolute atomic E-state index is 0.127. The van der Waals surface area contributed by atoms with Crippen LogP contribution >= 0.6 is 35.0 Å². The molecular formula is C29H32Cl2N2O2S. The van der Waals surface area contributed by atoms with E-state index in [0.29, 0.717) is 23.0 Å². The molecule has 3 aromatic rings. The molecule has 0 bridgehead atoms. The van der Waals surface area contributed by atoms with Gasteiger partial charge < -0.3 is 10.2 Å². The maximum atomic E-state index is 13.7. The van der Waals surface area contributed by atoms with Crippen LogP contribution in [0.25, 0.3) is 0 Å². The van der Waals surface area contributed by atoms with E-state index in [-0.39, 0.29) is 24.1 Å². The molecule has 7 heteroatoms. The van der Waals surface area contributed by atoms with Crippen molar-refractivity contribution in [1.82, 2.24) is 10.2 Å². The van der Waals surface area contributed by atoms with E-state index >= 15 is 0 Å². The lowest BCUT2D eigenvalue weighted by Crippen LogP contribution is -2.51. The summed E-state index contributed by atoms with van der Waals surface area (Å²) in [5.74, 6) is -0.0776. The van der Waals surface area contributed by atoms with Crippen molar-refractivity contribution in [2.24, 2.45) is 0 Å². The van der Waals surface area contributed by atoms with Gasteiger partial charge in [-0.25, -0.2) is 0 Å². The molecule has 0 aliphatic rings. The fraction of sp³-hybridized carbons (Fsp3) is 0.310. The molecule has 0 saturated heterocycles. The number of hydrogen-bond donors (Lipinski definition) is 1. The quantitative estimate of drug-likeness (QED) is 0.199. The first-order valence-electron chi connectivity index (χ1n) is 12.1. The molecule has 36 heavy (non-hydrogen) atoms. The van der Waals surface area contributed by atoms with Gasteiger partial charge in [-0.1, -0.05) is 90.6 Å². The molecule has 190 valence electrons. The zero-order chi connectivity index (χ0) is 25.9. The van der Waals surface area contributed by atoms with Crippen molar-refractivity contribution < 1.29 is 9.59 Å². The minimum Gasteiger partial charge on any atom is -0.354 e. The van der Waals surface area contributed by atoms with Crippen LogP contribution in [-0.2, 0) is 22.6 Å². The van der Waals surface area contributed by atoms with E-state index in [4.69, 9.17) is 23.2 Å². The van der Waals surface area contributed by atoms with Gasteiger partial charge in [0.25, 0.3) is 0 Å². The average molecular weight is 544 g/mol. The number of thioether (sulfide) groups is 1. The summed E-state index contributed by atoms with van der Waals surface area (Å²) >= 11 is 14.1. The van der Waals surface area contributed by atoms with E-state index in [9.17, 15) is 9.59 Å². The molecule has 0 spiro atoms. The highest BCUT2D eigenvalue weighted by molar-refractivity contribution is 8.00. The number of rotatable bonds is 12. The van der Waals surface area contributed by atoms with Crippen molar-refractivity contribution in [3.63, 3.8) is 0 Å². The van der Waals surface area contributed by atoms with Crippen LogP contribution in [0.5, 0.6) is 0 Å². The van der Waals surface area contributed by atoms with Crippen LogP contribution in [0.1, 0.15) is 36.5 Å². The standard InChI is InChI=1S/C29H32Cl2N2O2S/c1-3-4-16-32-29(35)27(17-22-8-6-5-7-9-22)33(19-23-12-13-24(30)18-26(23)31)28(34)20-36-25-14-10-21(2)11-15-25/h5-15,18,27H,3-4,16-17,19-20H2,1-2H3,(H,32,35)/t27-/m1/s1. The Hall–Kier alpha value is -2.47. The van der Waals surface area contributed by atoms with Crippen LogP contribution in [0, 0.1) is 6.92 Å². The van der Waals surface area contributed by atoms with E-state index in [2.05, 4.69) is 12.2 Å². The van der Waals surface area contributed by atoms with E-state index in [1.165, 1.54) is 11.8 Å². The van der Waals surface area contributed by atoms with Crippen LogP contribution in [-0.4, -0.2) is 35.1 Å². The van der Waals surface area contributed by atoms with Gasteiger partial charge in [0.2, 0.25) is 11.8 Å². The molecule has 0 aliphatic heterocycles. The fourth-order valence-electron chi connectivity index (χ4n) is 3.76. The molecule has 0 radical (unpaired) electrons. The molecule has 2 amide bonds. The van der Waals surface area contributed by atoms with Gasteiger partial charge in [-0.15, -0.1) is 11.8 Å². The predicted molar refractivity (Wildman–Crippen MR) is 151 cm³/mol. The second-order valence-electron chi connectivity index (χ2n) is 8.71. The highest BCUT2D eigenvalue weighted by Gasteiger charge is 2.30. The summed E-state index contributed by atoms with van der Waals surface area (Å²) in [4.78, 5) is 29.8. The van der Waals surface area contributed by atoms with Crippen molar-refractivity contribution >= 4 is 46.8 Å². The summed E-state index contributed by atoms with van der Waals surface area (Å²) in [5.41, 5.74) is 2.89. The highest BCUT2D eigenvalue weighted by Crippen LogP contribution is 2.26. The Bertz CT molecular complexity index is 1140. The Balaban J connectivity index is 1.90. The minimum atomic E-state index is -0.679. The summed E-state index contributed by atoms with van der Waals surface area (Å²) in [6, 6.07) is 22.4. The zero-order valence-electron chi connectivity index (χ0n) is 20.7. The van der Waals surface area contributed by atoms with Crippen LogP contribution in [0.15, 0.2) is 77.7 Å². The smallest absolute Gasteiger partial charge is 0.243 e. The molecule has 1 atom stereocenters. The number of unbranched alkanes of at least 4 members (excludes halogenated alkanes) is 1. The molecule has 0 aliphatic carbocycles. The number of halogens is 2. The van der Waals surface area contributed by atoms with Crippen LogP contribution in [0.3, 0.4) is 0 Å². The van der Waals surface area contributed by atoms with Crippen molar-refractivity contribution in [3.8, 4) is 0 Å². The number of hydrogen-bond acceptors (Lipinski definition) is 3. The van der Waals surface area contributed by atoms with Crippen molar-refractivity contribution in [3.05, 3.63) is 99.5 Å². The van der Waals surface area contributed by atoms with Crippen molar-refractivity contribution in [2.45, 2.75) is 50.6 Å². The Labute approximate surface area is 228 Å². The first kappa shape index (κ1) is 28.1. The Morgan fingerprint density at radius 3 is 2.39 bits per heavy atom. The number of carbonyl (C=O) groups is 2. The van der Waals surface area contributed by atoms with Gasteiger partial charge in [-0.05, 0) is 48.7 Å². The number of aryl methyl sites for hydroxylation is 1. The van der Waals surface area contributed by atoms with E-state index in [1.807, 2.05) is 67.6 Å². The van der Waals surface area contributed by atoms with E-state index in [1.54, 1.807) is 17.0 Å². The van der Waals surface area contributed by atoms with Gasteiger partial charge in [0, 0.05) is 34.5 Å². The molecule has 3 rings (SSSR count). The third-order valence-electron chi connectivity index (χ3n) is 5.84. The number of nitrogens with zero attached hydrogens (tertiary/aromatic N) is 1. The molecule has 0 aromatic heterocycles. The molecule has 0 saturated carbocycles. The number of benzene rings is 3. The molecule has 0 fully saturated rings. The van der Waals surface area contributed by atoms with Crippen molar-refractivity contribution in [1.29, 1.82) is 0 Å². The fourth-order valence-corrected chi connectivity index (χ4v) is 5.01. The zero-order valence-corrected chi connectivity index (χ0v) is 23.0. The van der Waals surface area contributed by atoms with Gasteiger partial charge >= 0.3 is 0 Å². The van der Waals surface area contributed by atoms with E-state index < -0.39 is 6.04 Å². The van der Waals surface area contributed by atoms with Crippen LogP contribution in [0.2, 0.25) is 10.0 Å². The number of nitrogens with one attached hydrogen (secondary N) is 1.